The molecule has 6 nitrogen and oxygen atoms in total. The van der Waals surface area contributed by atoms with Gasteiger partial charge in [-0.25, -0.2) is 0 Å². The first-order chi connectivity index (χ1) is 15.5. The van der Waals surface area contributed by atoms with Crippen LogP contribution in [-0.2, 0) is 11.3 Å². The van der Waals surface area contributed by atoms with Crippen LogP contribution in [0.4, 0.5) is 5.69 Å². The zero-order valence-electron chi connectivity index (χ0n) is 18.5. The van der Waals surface area contributed by atoms with Crippen LogP contribution in [0.25, 0.3) is 0 Å². The van der Waals surface area contributed by atoms with E-state index in [0.717, 1.165) is 56.0 Å². The van der Waals surface area contributed by atoms with E-state index < -0.39 is 0 Å². The number of thiophene rings is 1. The summed E-state index contributed by atoms with van der Waals surface area (Å²) in [5.41, 5.74) is 1.83. The normalized spacial score (nSPS) is 21.9. The first-order valence-corrected chi connectivity index (χ1v) is 12.5. The summed E-state index contributed by atoms with van der Waals surface area (Å²) in [4.78, 5) is 45.8. The van der Waals surface area contributed by atoms with E-state index in [2.05, 4.69) is 16.7 Å². The monoisotopic (exact) mass is 451 g/mol. The smallest absolute Gasteiger partial charge is 0.264 e. The van der Waals surface area contributed by atoms with Crippen molar-refractivity contribution < 1.29 is 14.4 Å². The Morgan fingerprint density at radius 1 is 1.03 bits per heavy atom. The van der Waals surface area contributed by atoms with Gasteiger partial charge in [-0.15, -0.1) is 11.3 Å². The number of hydrogen-bond donors (Lipinski definition) is 0. The van der Waals surface area contributed by atoms with Gasteiger partial charge in [-0.3, -0.25) is 19.3 Å². The highest BCUT2D eigenvalue weighted by molar-refractivity contribution is 7.09. The highest BCUT2D eigenvalue weighted by Crippen LogP contribution is 2.35. The van der Waals surface area contributed by atoms with Gasteiger partial charge in [0.1, 0.15) is 0 Å². The maximum Gasteiger partial charge on any atom is 0.264 e. The average Bonchev–Trinajstić information content (AvgIpc) is 3.42. The van der Waals surface area contributed by atoms with Crippen LogP contribution in [0.2, 0.25) is 0 Å². The van der Waals surface area contributed by atoms with Gasteiger partial charge in [-0.2, -0.15) is 0 Å². The Morgan fingerprint density at radius 2 is 1.84 bits per heavy atom. The first kappa shape index (κ1) is 21.2. The Balaban J connectivity index is 1.29. The minimum Gasteiger partial charge on any atom is -0.371 e. The standard InChI is InChI=1S/C25H29N3O3S/c1-17-5-3-11-27(15-17)23(29)18-9-12-26(13-10-18)21-8-2-7-20-22(21)25(31)28(24(20)30)16-19-6-4-14-32-19/h2,4,6-8,14,17-18H,3,5,9-13,15-16H2,1H3/t17-/m0/s1. The Bertz CT molecular complexity index is 1030. The number of piperidine rings is 2. The van der Waals surface area contributed by atoms with Gasteiger partial charge in [-0.05, 0) is 55.2 Å². The summed E-state index contributed by atoms with van der Waals surface area (Å²) in [6, 6.07) is 9.42. The van der Waals surface area contributed by atoms with Crippen molar-refractivity contribution in [1.29, 1.82) is 0 Å². The van der Waals surface area contributed by atoms with Crippen molar-refractivity contribution in [1.82, 2.24) is 9.80 Å². The van der Waals surface area contributed by atoms with E-state index in [1.165, 1.54) is 11.3 Å². The predicted octanol–water partition coefficient (Wildman–Crippen LogP) is 4.02. The molecule has 3 aliphatic rings. The van der Waals surface area contributed by atoms with Gasteiger partial charge < -0.3 is 9.80 Å². The molecule has 3 amide bonds. The molecule has 0 unspecified atom stereocenters. The summed E-state index contributed by atoms with van der Waals surface area (Å²) in [5.74, 6) is 0.503. The lowest BCUT2D eigenvalue weighted by atomic mass is 9.92. The molecule has 168 valence electrons. The predicted molar refractivity (Wildman–Crippen MR) is 125 cm³/mol. The summed E-state index contributed by atoms with van der Waals surface area (Å²) < 4.78 is 0. The van der Waals surface area contributed by atoms with E-state index in [0.29, 0.717) is 29.5 Å². The molecule has 0 N–H and O–H groups in total. The number of likely N-dealkylation sites (tertiary alicyclic amines) is 1. The van der Waals surface area contributed by atoms with Crippen molar-refractivity contribution in [2.45, 2.75) is 39.2 Å². The minimum absolute atomic E-state index is 0.0565. The molecule has 1 atom stereocenters. The fraction of sp³-hybridized carbons (Fsp3) is 0.480. The third kappa shape index (κ3) is 3.83. The molecule has 5 rings (SSSR count). The molecular formula is C25H29N3O3S. The Labute approximate surface area is 192 Å². The number of imide groups is 1. The van der Waals surface area contributed by atoms with Crippen LogP contribution in [0.5, 0.6) is 0 Å². The molecule has 0 spiro atoms. The minimum atomic E-state index is -0.218. The molecule has 0 saturated carbocycles. The summed E-state index contributed by atoms with van der Waals surface area (Å²) in [6.07, 6.45) is 3.88. The lowest BCUT2D eigenvalue weighted by molar-refractivity contribution is -0.137. The van der Waals surface area contributed by atoms with Crippen LogP contribution in [0, 0.1) is 11.8 Å². The number of anilines is 1. The average molecular weight is 452 g/mol. The van der Waals surface area contributed by atoms with E-state index in [9.17, 15) is 14.4 Å². The van der Waals surface area contributed by atoms with Crippen molar-refractivity contribution in [3.05, 3.63) is 51.7 Å². The molecule has 2 aromatic rings. The van der Waals surface area contributed by atoms with Crippen molar-refractivity contribution in [2.24, 2.45) is 11.8 Å². The lowest BCUT2D eigenvalue weighted by Gasteiger charge is -2.38. The largest absolute Gasteiger partial charge is 0.371 e. The number of carbonyl (C=O) groups excluding carboxylic acids is 3. The molecule has 4 heterocycles. The van der Waals surface area contributed by atoms with Crippen molar-refractivity contribution >= 4 is 34.7 Å². The number of hydrogen-bond acceptors (Lipinski definition) is 5. The van der Waals surface area contributed by atoms with Crippen LogP contribution in [0.15, 0.2) is 35.7 Å². The third-order valence-electron chi connectivity index (χ3n) is 7.02. The van der Waals surface area contributed by atoms with Crippen LogP contribution >= 0.6 is 11.3 Å². The molecular weight excluding hydrogens is 422 g/mol. The van der Waals surface area contributed by atoms with Gasteiger partial charge in [0.2, 0.25) is 5.91 Å². The number of rotatable bonds is 4. The maximum absolute atomic E-state index is 13.2. The molecule has 2 saturated heterocycles. The van der Waals surface area contributed by atoms with E-state index >= 15 is 0 Å². The van der Waals surface area contributed by atoms with Gasteiger partial charge in [-0.1, -0.05) is 19.1 Å². The highest BCUT2D eigenvalue weighted by Gasteiger charge is 2.39. The van der Waals surface area contributed by atoms with Crippen molar-refractivity contribution in [3.8, 4) is 0 Å². The summed E-state index contributed by atoms with van der Waals surface area (Å²) in [7, 11) is 0. The molecule has 0 radical (unpaired) electrons. The maximum atomic E-state index is 13.2. The van der Waals surface area contributed by atoms with Crippen LogP contribution in [-0.4, -0.2) is 53.7 Å². The molecule has 7 heteroatoms. The van der Waals surface area contributed by atoms with Gasteiger partial charge in [0.05, 0.1) is 23.4 Å². The number of amides is 3. The second kappa shape index (κ2) is 8.70. The Morgan fingerprint density at radius 3 is 2.56 bits per heavy atom. The zero-order valence-corrected chi connectivity index (χ0v) is 19.3. The molecule has 0 aliphatic carbocycles. The third-order valence-corrected chi connectivity index (χ3v) is 7.89. The second-order valence-corrected chi connectivity index (χ2v) is 10.3. The number of benzene rings is 1. The SMILES string of the molecule is C[C@H]1CCCN(C(=O)C2CCN(c3cccc4c3C(=O)N(Cc3cccs3)C4=O)CC2)C1. The summed E-state index contributed by atoms with van der Waals surface area (Å²) in [6.45, 7) is 5.74. The number of nitrogens with zero attached hydrogens (tertiary/aromatic N) is 3. The number of fused-ring (bicyclic) bond motifs is 1. The van der Waals surface area contributed by atoms with Gasteiger partial charge >= 0.3 is 0 Å². The lowest BCUT2D eigenvalue weighted by Crippen LogP contribution is -2.46. The van der Waals surface area contributed by atoms with Crippen LogP contribution < -0.4 is 4.90 Å². The fourth-order valence-electron chi connectivity index (χ4n) is 5.30. The van der Waals surface area contributed by atoms with Gasteiger partial charge in [0, 0.05) is 37.0 Å². The molecule has 2 fully saturated rings. The van der Waals surface area contributed by atoms with Crippen molar-refractivity contribution in [3.63, 3.8) is 0 Å². The molecule has 32 heavy (non-hydrogen) atoms. The molecule has 1 aromatic heterocycles. The first-order valence-electron chi connectivity index (χ1n) is 11.6. The molecule has 3 aliphatic heterocycles. The topological polar surface area (TPSA) is 60.9 Å². The van der Waals surface area contributed by atoms with Gasteiger partial charge in [0.25, 0.3) is 11.8 Å². The van der Waals surface area contributed by atoms with Crippen LogP contribution in [0.1, 0.15) is 58.2 Å². The Hall–Kier alpha value is -2.67. The summed E-state index contributed by atoms with van der Waals surface area (Å²) >= 11 is 1.55. The molecule has 1 aromatic carbocycles. The fourth-order valence-corrected chi connectivity index (χ4v) is 5.99. The summed E-state index contributed by atoms with van der Waals surface area (Å²) in [5, 5.41) is 1.95. The quantitative estimate of drug-likeness (QED) is 0.659. The zero-order chi connectivity index (χ0) is 22.2. The van der Waals surface area contributed by atoms with E-state index in [4.69, 9.17) is 0 Å². The van der Waals surface area contributed by atoms with E-state index in [1.54, 1.807) is 17.4 Å². The molecule has 0 bridgehead atoms. The van der Waals surface area contributed by atoms with E-state index in [-0.39, 0.29) is 17.7 Å². The number of carbonyl (C=O) groups is 3. The van der Waals surface area contributed by atoms with Crippen molar-refractivity contribution in [2.75, 3.05) is 31.1 Å². The second-order valence-electron chi connectivity index (χ2n) is 9.27. The van der Waals surface area contributed by atoms with E-state index in [1.807, 2.05) is 29.6 Å². The van der Waals surface area contributed by atoms with Gasteiger partial charge in [0.15, 0.2) is 0 Å². The Kier molecular flexibility index (Phi) is 5.76. The highest BCUT2D eigenvalue weighted by atomic mass is 32.1. The van der Waals surface area contributed by atoms with Crippen LogP contribution in [0.3, 0.4) is 0 Å².